The molecule has 0 aliphatic carbocycles. The number of amidine groups is 1. The molecule has 0 saturated heterocycles. The number of amides is 1. The Kier molecular flexibility index (Phi) is 4.28. The number of rotatable bonds is 3. The molecule has 0 aliphatic rings. The average molecular weight is 189 g/mol. The summed E-state index contributed by atoms with van der Waals surface area (Å²) < 4.78 is 0. The van der Waals surface area contributed by atoms with Crippen LogP contribution in [0.5, 0.6) is 0 Å². The van der Waals surface area contributed by atoms with Crippen LogP contribution in [-0.4, -0.2) is 29.0 Å². The van der Waals surface area contributed by atoms with Crippen molar-refractivity contribution in [1.29, 1.82) is 0 Å². The highest BCUT2D eigenvalue weighted by molar-refractivity contribution is 5.88. The molecular weight excluding hydrogens is 178 g/mol. The zero-order valence-corrected chi connectivity index (χ0v) is 7.27. The maximum Gasteiger partial charge on any atom is 0.405 e. The zero-order valence-electron chi connectivity index (χ0n) is 7.27. The van der Waals surface area contributed by atoms with E-state index >= 15 is 0 Å². The normalized spacial score (nSPS) is 13.2. The molecule has 4 N–H and O–H groups in total. The first-order valence-electron chi connectivity index (χ1n) is 3.44. The minimum absolute atomic E-state index is 0.113. The van der Waals surface area contributed by atoms with Crippen molar-refractivity contribution in [2.24, 2.45) is 10.9 Å². The van der Waals surface area contributed by atoms with Gasteiger partial charge in [-0.1, -0.05) is 5.16 Å². The van der Waals surface area contributed by atoms with E-state index in [9.17, 15) is 9.59 Å². The molecule has 0 radical (unpaired) electrons. The van der Waals surface area contributed by atoms with Gasteiger partial charge in [-0.3, -0.25) is 0 Å². The first-order chi connectivity index (χ1) is 5.93. The number of nitrogens with zero attached hydrogens (tertiary/aromatic N) is 1. The maximum absolute atomic E-state index is 10.3. The summed E-state index contributed by atoms with van der Waals surface area (Å²) in [4.78, 5) is 24.6. The van der Waals surface area contributed by atoms with Crippen molar-refractivity contribution >= 4 is 17.9 Å². The number of nitrogens with one attached hydrogen (secondary N) is 1. The smallest absolute Gasteiger partial charge is 0.405 e. The fraction of sp³-hybridized carbons (Fsp3) is 0.500. The molecule has 7 nitrogen and oxygen atoms in total. The van der Waals surface area contributed by atoms with Crippen LogP contribution in [0.3, 0.4) is 0 Å². The lowest BCUT2D eigenvalue weighted by Gasteiger charge is -2.08. The first-order valence-corrected chi connectivity index (χ1v) is 3.44. The Morgan fingerprint density at radius 2 is 2.15 bits per heavy atom. The van der Waals surface area contributed by atoms with Gasteiger partial charge < -0.3 is 21.0 Å². The van der Waals surface area contributed by atoms with Gasteiger partial charge in [0, 0.05) is 6.92 Å². The third-order valence-electron chi connectivity index (χ3n) is 1.06. The molecule has 0 heterocycles. The van der Waals surface area contributed by atoms with E-state index in [1.807, 2.05) is 5.32 Å². The van der Waals surface area contributed by atoms with Crippen LogP contribution >= 0.6 is 0 Å². The molecule has 0 aromatic heterocycles. The zero-order chi connectivity index (χ0) is 10.4. The van der Waals surface area contributed by atoms with E-state index in [0.717, 1.165) is 6.92 Å². The lowest BCUT2D eigenvalue weighted by molar-refractivity contribution is -0.140. The topological polar surface area (TPSA) is 114 Å². The van der Waals surface area contributed by atoms with Crippen molar-refractivity contribution in [1.82, 2.24) is 5.32 Å². The van der Waals surface area contributed by atoms with Crippen LogP contribution < -0.4 is 11.1 Å². The molecule has 0 aliphatic heterocycles. The summed E-state index contributed by atoms with van der Waals surface area (Å²) in [5.41, 5.74) is 5.26. The average Bonchev–Trinajstić information content (AvgIpc) is 1.98. The largest absolute Gasteiger partial charge is 0.465 e. The standard InChI is InChI=1S/C6H11N3O4/c1-3(8-6(11)12)5(7)9-13-4(2)10/h3,8H,1-2H3,(H2,7,9)(H,11,12)/t3-/m0/s1. The first kappa shape index (κ1) is 11.2. The Hall–Kier alpha value is -1.79. The maximum atomic E-state index is 10.3. The molecule has 74 valence electrons. The third-order valence-corrected chi connectivity index (χ3v) is 1.06. The number of hydrogen-bond donors (Lipinski definition) is 3. The van der Waals surface area contributed by atoms with Crippen molar-refractivity contribution in [2.45, 2.75) is 19.9 Å². The van der Waals surface area contributed by atoms with Gasteiger partial charge in [-0.15, -0.1) is 0 Å². The van der Waals surface area contributed by atoms with E-state index in [2.05, 4.69) is 9.99 Å². The SMILES string of the molecule is CC(=O)O/N=C(\N)[C@H](C)NC(=O)O. The monoisotopic (exact) mass is 189 g/mol. The molecule has 0 unspecified atom stereocenters. The summed E-state index contributed by atoms with van der Waals surface area (Å²) in [6.07, 6.45) is -1.23. The van der Waals surface area contributed by atoms with Crippen molar-refractivity contribution in [3.05, 3.63) is 0 Å². The number of hydrogen-bond acceptors (Lipinski definition) is 4. The Labute approximate surface area is 74.5 Å². The summed E-state index contributed by atoms with van der Waals surface area (Å²) >= 11 is 0. The van der Waals surface area contributed by atoms with Gasteiger partial charge in [-0.2, -0.15) is 0 Å². The second-order valence-electron chi connectivity index (χ2n) is 2.27. The van der Waals surface area contributed by atoms with Crippen LogP contribution in [0.25, 0.3) is 0 Å². The summed E-state index contributed by atoms with van der Waals surface area (Å²) in [6.45, 7) is 2.63. The lowest BCUT2D eigenvalue weighted by Crippen LogP contribution is -2.41. The fourth-order valence-corrected chi connectivity index (χ4v) is 0.455. The van der Waals surface area contributed by atoms with E-state index in [1.165, 1.54) is 6.92 Å². The van der Waals surface area contributed by atoms with Crippen LogP contribution in [0.15, 0.2) is 5.16 Å². The minimum Gasteiger partial charge on any atom is -0.465 e. The van der Waals surface area contributed by atoms with Gasteiger partial charge in [-0.25, -0.2) is 9.59 Å². The summed E-state index contributed by atoms with van der Waals surface area (Å²) in [6, 6.07) is -0.697. The van der Waals surface area contributed by atoms with Gasteiger partial charge in [0.15, 0.2) is 5.84 Å². The van der Waals surface area contributed by atoms with Crippen molar-refractivity contribution in [3.63, 3.8) is 0 Å². The molecule has 1 amide bonds. The molecule has 0 aromatic rings. The predicted molar refractivity (Wildman–Crippen MR) is 44.0 cm³/mol. The Morgan fingerprint density at radius 1 is 1.62 bits per heavy atom. The van der Waals surface area contributed by atoms with E-state index in [4.69, 9.17) is 10.8 Å². The van der Waals surface area contributed by atoms with Crippen LogP contribution in [0, 0.1) is 0 Å². The van der Waals surface area contributed by atoms with Gasteiger partial charge in [0.2, 0.25) is 0 Å². The van der Waals surface area contributed by atoms with Gasteiger partial charge >= 0.3 is 12.1 Å². The molecule has 0 aromatic carbocycles. The van der Waals surface area contributed by atoms with Crippen molar-refractivity contribution in [3.8, 4) is 0 Å². The van der Waals surface area contributed by atoms with Gasteiger partial charge in [0.1, 0.15) is 0 Å². The molecule has 0 spiro atoms. The van der Waals surface area contributed by atoms with E-state index < -0.39 is 18.1 Å². The second-order valence-corrected chi connectivity index (χ2v) is 2.27. The Balaban J connectivity index is 4.07. The number of carboxylic acid groups (broad SMARTS) is 1. The summed E-state index contributed by atoms with van der Waals surface area (Å²) in [5, 5.41) is 13.5. The predicted octanol–water partition coefficient (Wildman–Crippen LogP) is -0.522. The molecule has 13 heavy (non-hydrogen) atoms. The lowest BCUT2D eigenvalue weighted by atomic mass is 10.3. The van der Waals surface area contributed by atoms with Crippen LogP contribution in [0.1, 0.15) is 13.8 Å². The van der Waals surface area contributed by atoms with Crippen molar-refractivity contribution in [2.75, 3.05) is 0 Å². The quantitative estimate of drug-likeness (QED) is 0.239. The molecule has 0 bridgehead atoms. The Bertz CT molecular complexity index is 238. The molecule has 0 saturated carbocycles. The molecule has 0 rings (SSSR count). The number of nitrogens with two attached hydrogens (primary N) is 1. The molecule has 0 fully saturated rings. The van der Waals surface area contributed by atoms with E-state index in [1.54, 1.807) is 0 Å². The Morgan fingerprint density at radius 3 is 2.54 bits per heavy atom. The highest BCUT2D eigenvalue weighted by atomic mass is 16.7. The van der Waals surface area contributed by atoms with Crippen molar-refractivity contribution < 1.29 is 19.5 Å². The summed E-state index contributed by atoms with van der Waals surface area (Å²) in [7, 11) is 0. The van der Waals surface area contributed by atoms with Gasteiger partial charge in [0.25, 0.3) is 0 Å². The highest BCUT2D eigenvalue weighted by Gasteiger charge is 2.09. The van der Waals surface area contributed by atoms with Gasteiger partial charge in [0.05, 0.1) is 6.04 Å². The number of carbonyl (C=O) groups is 2. The van der Waals surface area contributed by atoms with Gasteiger partial charge in [-0.05, 0) is 6.92 Å². The minimum atomic E-state index is -1.23. The number of carbonyl (C=O) groups excluding carboxylic acids is 1. The molecule has 7 heteroatoms. The summed E-state index contributed by atoms with van der Waals surface area (Å²) in [5.74, 6) is -0.733. The van der Waals surface area contributed by atoms with Crippen LogP contribution in [0.4, 0.5) is 4.79 Å². The second kappa shape index (κ2) is 4.96. The van der Waals surface area contributed by atoms with Crippen LogP contribution in [0.2, 0.25) is 0 Å². The highest BCUT2D eigenvalue weighted by Crippen LogP contribution is 1.85. The fourth-order valence-electron chi connectivity index (χ4n) is 0.455. The van der Waals surface area contributed by atoms with Crippen LogP contribution in [-0.2, 0) is 9.63 Å². The molecule has 1 atom stereocenters. The van der Waals surface area contributed by atoms with E-state index in [-0.39, 0.29) is 5.84 Å². The number of oxime groups is 1. The third kappa shape index (κ3) is 5.48. The van der Waals surface area contributed by atoms with E-state index in [0.29, 0.717) is 0 Å². The molecular formula is C6H11N3O4.